The zero-order chi connectivity index (χ0) is 17.0. The molecule has 1 aliphatic heterocycles. The summed E-state index contributed by atoms with van der Waals surface area (Å²) in [6, 6.07) is -0.620. The number of carbonyl (C=O) groups excluding carboxylic acids is 1. The summed E-state index contributed by atoms with van der Waals surface area (Å²) in [6.45, 7) is 2.27. The first-order chi connectivity index (χ1) is 10.8. The van der Waals surface area contributed by atoms with Gasteiger partial charge in [-0.2, -0.15) is 13.2 Å². The first kappa shape index (κ1) is 17.7. The molecule has 0 aliphatic carbocycles. The molecule has 0 saturated carbocycles. The van der Waals surface area contributed by atoms with Gasteiger partial charge < -0.3 is 18.8 Å². The smallest absolute Gasteiger partial charge is 0.411 e. The molecule has 1 saturated heterocycles. The zero-order valence-electron chi connectivity index (χ0n) is 12.8. The van der Waals surface area contributed by atoms with Crippen molar-refractivity contribution in [3.63, 3.8) is 0 Å². The van der Waals surface area contributed by atoms with E-state index in [1.54, 1.807) is 0 Å². The van der Waals surface area contributed by atoms with E-state index < -0.39 is 31.3 Å². The van der Waals surface area contributed by atoms with Gasteiger partial charge in [0.1, 0.15) is 19.3 Å². The highest BCUT2D eigenvalue weighted by atomic mass is 19.4. The topological polar surface area (TPSA) is 77.7 Å². The first-order valence-electron chi connectivity index (χ1n) is 7.13. The molecule has 130 valence electrons. The van der Waals surface area contributed by atoms with E-state index >= 15 is 0 Å². The number of morpholine rings is 1. The standard InChI is InChI=1S/C13H18F3N3O4/c1-8(2)11-17-18-12(23-11)9-5-21-4-3-19(9)10(20)6-22-7-13(14,15)16/h8-9H,3-7H2,1-2H3. The molecule has 1 aromatic rings. The SMILES string of the molecule is CC(C)c1nnc(C2COCCN2C(=O)COCC(F)(F)F)o1. The van der Waals surface area contributed by atoms with Crippen molar-refractivity contribution in [3.05, 3.63) is 11.8 Å². The van der Waals surface area contributed by atoms with Gasteiger partial charge in [-0.3, -0.25) is 4.79 Å². The van der Waals surface area contributed by atoms with Crippen LogP contribution in [0.4, 0.5) is 13.2 Å². The summed E-state index contributed by atoms with van der Waals surface area (Å²) < 4.78 is 51.4. The van der Waals surface area contributed by atoms with Gasteiger partial charge in [0.2, 0.25) is 17.7 Å². The molecule has 7 nitrogen and oxygen atoms in total. The number of ether oxygens (including phenoxy) is 2. The lowest BCUT2D eigenvalue weighted by atomic mass is 10.2. The van der Waals surface area contributed by atoms with E-state index in [1.165, 1.54) is 4.90 Å². The molecule has 0 N–H and O–H groups in total. The third-order valence-corrected chi connectivity index (χ3v) is 3.18. The molecule has 1 fully saturated rings. The monoisotopic (exact) mass is 337 g/mol. The second-order valence-corrected chi connectivity index (χ2v) is 5.42. The lowest BCUT2D eigenvalue weighted by molar-refractivity contribution is -0.180. The van der Waals surface area contributed by atoms with Gasteiger partial charge in [-0.25, -0.2) is 0 Å². The molecule has 10 heteroatoms. The summed E-state index contributed by atoms with van der Waals surface area (Å²) >= 11 is 0. The lowest BCUT2D eigenvalue weighted by Crippen LogP contribution is -2.45. The highest BCUT2D eigenvalue weighted by molar-refractivity contribution is 5.78. The van der Waals surface area contributed by atoms with Crippen molar-refractivity contribution < 1.29 is 31.9 Å². The Morgan fingerprint density at radius 1 is 1.43 bits per heavy atom. The van der Waals surface area contributed by atoms with Crippen molar-refractivity contribution in [3.8, 4) is 0 Å². The van der Waals surface area contributed by atoms with Crippen molar-refractivity contribution in [1.82, 2.24) is 15.1 Å². The number of hydrogen-bond acceptors (Lipinski definition) is 6. The van der Waals surface area contributed by atoms with Crippen LogP contribution in [0.3, 0.4) is 0 Å². The zero-order valence-corrected chi connectivity index (χ0v) is 12.8. The number of aromatic nitrogens is 2. The first-order valence-corrected chi connectivity index (χ1v) is 7.13. The van der Waals surface area contributed by atoms with Crippen LogP contribution < -0.4 is 0 Å². The summed E-state index contributed by atoms with van der Waals surface area (Å²) in [5.74, 6) is 0.0794. The fraction of sp³-hybridized carbons (Fsp3) is 0.769. The molecule has 0 aromatic carbocycles. The molecule has 1 unspecified atom stereocenters. The number of halogens is 3. The highest BCUT2D eigenvalue weighted by Crippen LogP contribution is 2.25. The molecule has 0 radical (unpaired) electrons. The number of carbonyl (C=O) groups is 1. The molecule has 2 rings (SSSR count). The van der Waals surface area contributed by atoms with E-state index in [0.29, 0.717) is 5.89 Å². The molecule has 23 heavy (non-hydrogen) atoms. The van der Waals surface area contributed by atoms with Gasteiger partial charge in [-0.15, -0.1) is 10.2 Å². The summed E-state index contributed by atoms with van der Waals surface area (Å²) in [5.41, 5.74) is 0. The Morgan fingerprint density at radius 2 is 2.17 bits per heavy atom. The maximum Gasteiger partial charge on any atom is 0.411 e. The molecule has 1 aliphatic rings. The van der Waals surface area contributed by atoms with Gasteiger partial charge in [0.25, 0.3) is 0 Å². The molecule has 0 spiro atoms. The Labute approximate surface area is 130 Å². The van der Waals surface area contributed by atoms with E-state index in [-0.39, 0.29) is 31.6 Å². The van der Waals surface area contributed by atoms with Crippen LogP contribution in [0.15, 0.2) is 4.42 Å². The van der Waals surface area contributed by atoms with Crippen molar-refractivity contribution in [1.29, 1.82) is 0 Å². The maximum atomic E-state index is 12.1. The molecular weight excluding hydrogens is 319 g/mol. The predicted molar refractivity (Wildman–Crippen MR) is 70.5 cm³/mol. The van der Waals surface area contributed by atoms with Crippen LogP contribution in [0.1, 0.15) is 37.6 Å². The summed E-state index contributed by atoms with van der Waals surface area (Å²) in [4.78, 5) is 13.4. The van der Waals surface area contributed by atoms with Crippen LogP contribution in [0.25, 0.3) is 0 Å². The number of rotatable bonds is 5. The molecular formula is C13H18F3N3O4. The van der Waals surface area contributed by atoms with Crippen LogP contribution in [-0.2, 0) is 14.3 Å². The molecule has 0 bridgehead atoms. The van der Waals surface area contributed by atoms with Crippen LogP contribution in [-0.4, -0.2) is 60.2 Å². The molecule has 1 amide bonds. The molecule has 1 aromatic heterocycles. The minimum absolute atomic E-state index is 0.0278. The number of hydrogen-bond donors (Lipinski definition) is 0. The van der Waals surface area contributed by atoms with Crippen molar-refractivity contribution >= 4 is 5.91 Å². The largest absolute Gasteiger partial charge is 0.423 e. The van der Waals surface area contributed by atoms with Crippen molar-refractivity contribution in [2.24, 2.45) is 0 Å². The highest BCUT2D eigenvalue weighted by Gasteiger charge is 2.34. The Bertz CT molecular complexity index is 533. The van der Waals surface area contributed by atoms with E-state index in [1.807, 2.05) is 13.8 Å². The van der Waals surface area contributed by atoms with E-state index in [0.717, 1.165) is 0 Å². The lowest BCUT2D eigenvalue weighted by Gasteiger charge is -2.33. The second kappa shape index (κ2) is 7.26. The van der Waals surface area contributed by atoms with E-state index in [9.17, 15) is 18.0 Å². The van der Waals surface area contributed by atoms with Crippen LogP contribution >= 0.6 is 0 Å². The fourth-order valence-corrected chi connectivity index (χ4v) is 2.06. The number of alkyl halides is 3. The number of nitrogens with zero attached hydrogens (tertiary/aromatic N) is 3. The van der Waals surface area contributed by atoms with Crippen LogP contribution in [0.2, 0.25) is 0 Å². The summed E-state index contributed by atoms with van der Waals surface area (Å²) in [5, 5.41) is 7.79. The maximum absolute atomic E-state index is 12.1. The second-order valence-electron chi connectivity index (χ2n) is 5.42. The normalized spacial score (nSPS) is 19.4. The summed E-state index contributed by atoms with van der Waals surface area (Å²) in [7, 11) is 0. The van der Waals surface area contributed by atoms with Gasteiger partial charge in [0.15, 0.2) is 0 Å². The Balaban J connectivity index is 2.01. The van der Waals surface area contributed by atoms with Gasteiger partial charge >= 0.3 is 6.18 Å². The minimum Gasteiger partial charge on any atom is -0.423 e. The number of amides is 1. The molecule has 1 atom stereocenters. The van der Waals surface area contributed by atoms with Crippen LogP contribution in [0, 0.1) is 0 Å². The molecule has 2 heterocycles. The van der Waals surface area contributed by atoms with Crippen LogP contribution in [0.5, 0.6) is 0 Å². The average molecular weight is 337 g/mol. The third kappa shape index (κ3) is 4.90. The van der Waals surface area contributed by atoms with Gasteiger partial charge in [-0.05, 0) is 0 Å². The minimum atomic E-state index is -4.47. The van der Waals surface area contributed by atoms with E-state index in [4.69, 9.17) is 9.15 Å². The Morgan fingerprint density at radius 3 is 2.78 bits per heavy atom. The fourth-order valence-electron chi connectivity index (χ4n) is 2.06. The van der Waals surface area contributed by atoms with Gasteiger partial charge in [0.05, 0.1) is 13.2 Å². The average Bonchev–Trinajstić information content (AvgIpc) is 2.95. The van der Waals surface area contributed by atoms with Gasteiger partial charge in [0, 0.05) is 12.5 Å². The van der Waals surface area contributed by atoms with Crippen molar-refractivity contribution in [2.45, 2.75) is 32.0 Å². The van der Waals surface area contributed by atoms with Gasteiger partial charge in [-0.1, -0.05) is 13.8 Å². The Hall–Kier alpha value is -1.68. The van der Waals surface area contributed by atoms with Crippen molar-refractivity contribution in [2.75, 3.05) is 33.0 Å². The van der Waals surface area contributed by atoms with E-state index in [2.05, 4.69) is 14.9 Å². The third-order valence-electron chi connectivity index (χ3n) is 3.18. The Kier molecular flexibility index (Phi) is 5.58. The quantitative estimate of drug-likeness (QED) is 0.813. The predicted octanol–water partition coefficient (Wildman–Crippen LogP) is 1.67. The summed E-state index contributed by atoms with van der Waals surface area (Å²) in [6.07, 6.45) is -4.47.